The molecule has 0 aliphatic carbocycles. The normalized spacial score (nSPS) is 9.91. The van der Waals surface area contributed by atoms with Gasteiger partial charge in [0.1, 0.15) is 5.01 Å². The number of aldehydes is 1. The molecule has 0 fully saturated rings. The first-order chi connectivity index (χ1) is 5.36. The molecule has 0 spiro atoms. The fourth-order valence-corrected chi connectivity index (χ4v) is 2.10. The number of carbonyl (C=O) groups excluding carboxylic acids is 1. The van der Waals surface area contributed by atoms with E-state index < -0.39 is 0 Å². The molecule has 0 atom stereocenters. The zero-order chi connectivity index (χ0) is 8.10. The van der Waals surface area contributed by atoms with Gasteiger partial charge in [-0.2, -0.15) is 11.8 Å². The van der Waals surface area contributed by atoms with Crippen LogP contribution in [0.4, 0.5) is 0 Å². The van der Waals surface area contributed by atoms with E-state index >= 15 is 0 Å². The molecule has 2 nitrogen and oxygen atoms in total. The molecule has 0 unspecified atom stereocenters. The lowest BCUT2D eigenvalue weighted by Gasteiger charge is -1.89. The molecule has 0 aromatic carbocycles. The lowest BCUT2D eigenvalue weighted by Crippen LogP contribution is -1.75. The van der Waals surface area contributed by atoms with Crippen molar-refractivity contribution in [3.05, 3.63) is 16.1 Å². The molecular formula is C7H9NOS2. The molecule has 0 aliphatic rings. The molecule has 1 aromatic rings. The van der Waals surface area contributed by atoms with Crippen LogP contribution in [0.2, 0.25) is 0 Å². The molecule has 1 rings (SSSR count). The van der Waals surface area contributed by atoms with Gasteiger partial charge in [0.2, 0.25) is 0 Å². The van der Waals surface area contributed by atoms with Gasteiger partial charge in [0.05, 0.1) is 4.88 Å². The van der Waals surface area contributed by atoms with Crippen molar-refractivity contribution >= 4 is 29.4 Å². The maximum absolute atomic E-state index is 10.3. The van der Waals surface area contributed by atoms with Crippen LogP contribution in [0.1, 0.15) is 21.6 Å². The van der Waals surface area contributed by atoms with Crippen LogP contribution in [0.3, 0.4) is 0 Å². The zero-order valence-corrected chi connectivity index (χ0v) is 7.87. The summed E-state index contributed by atoms with van der Waals surface area (Å²) in [6, 6.07) is 0. The summed E-state index contributed by atoms with van der Waals surface area (Å²) in [5.74, 6) is 2.02. The number of nitrogens with zero attached hydrogens (tertiary/aromatic N) is 1. The summed E-state index contributed by atoms with van der Waals surface area (Å²) in [5.41, 5.74) is 0. The first-order valence-electron chi connectivity index (χ1n) is 3.34. The summed E-state index contributed by atoms with van der Waals surface area (Å²) in [6.07, 6.45) is 2.47. The summed E-state index contributed by atoms with van der Waals surface area (Å²) in [4.78, 5) is 15.1. The average molecular weight is 187 g/mol. The minimum Gasteiger partial charge on any atom is -0.297 e. The number of thiazole rings is 1. The Hall–Kier alpha value is -0.350. The van der Waals surface area contributed by atoms with E-state index in [0.717, 1.165) is 27.7 Å². The van der Waals surface area contributed by atoms with Gasteiger partial charge in [-0.05, 0) is 5.75 Å². The third-order valence-corrected chi connectivity index (χ3v) is 3.11. The highest BCUT2D eigenvalue weighted by Gasteiger charge is 1.99. The molecule has 0 bridgehead atoms. The maximum atomic E-state index is 10.3. The number of hydrogen-bond acceptors (Lipinski definition) is 4. The fourth-order valence-electron chi connectivity index (χ4n) is 0.635. The largest absolute Gasteiger partial charge is 0.297 e. The average Bonchev–Trinajstić information content (AvgIpc) is 2.48. The second-order valence-electron chi connectivity index (χ2n) is 1.91. The maximum Gasteiger partial charge on any atom is 0.161 e. The minimum absolute atomic E-state index is 0.719. The molecule has 0 N–H and O–H groups in total. The van der Waals surface area contributed by atoms with E-state index in [9.17, 15) is 4.79 Å². The second kappa shape index (κ2) is 4.51. The Bertz CT molecular complexity index is 234. The third-order valence-electron chi connectivity index (χ3n) is 1.12. The Balaban J connectivity index is 2.51. The van der Waals surface area contributed by atoms with Gasteiger partial charge in [-0.15, -0.1) is 11.3 Å². The smallest absolute Gasteiger partial charge is 0.161 e. The van der Waals surface area contributed by atoms with E-state index in [2.05, 4.69) is 11.9 Å². The Morgan fingerprint density at radius 3 is 3.18 bits per heavy atom. The third kappa shape index (κ3) is 2.63. The second-order valence-corrected chi connectivity index (χ2v) is 4.33. The lowest BCUT2D eigenvalue weighted by molar-refractivity contribution is 0.112. The lowest BCUT2D eigenvalue weighted by atomic mass is 10.6. The van der Waals surface area contributed by atoms with Gasteiger partial charge in [-0.3, -0.25) is 4.79 Å². The van der Waals surface area contributed by atoms with Crippen LogP contribution in [0, 0.1) is 0 Å². The zero-order valence-electron chi connectivity index (χ0n) is 6.24. The van der Waals surface area contributed by atoms with Crippen molar-refractivity contribution in [1.29, 1.82) is 0 Å². The van der Waals surface area contributed by atoms with Crippen molar-refractivity contribution in [3.63, 3.8) is 0 Å². The number of hydrogen-bond donors (Lipinski definition) is 0. The van der Waals surface area contributed by atoms with Crippen LogP contribution in [0.25, 0.3) is 0 Å². The van der Waals surface area contributed by atoms with Crippen molar-refractivity contribution in [2.75, 3.05) is 5.75 Å². The van der Waals surface area contributed by atoms with Crippen LogP contribution in [-0.4, -0.2) is 17.0 Å². The van der Waals surface area contributed by atoms with Crippen LogP contribution < -0.4 is 0 Å². The van der Waals surface area contributed by atoms with Crippen molar-refractivity contribution in [3.8, 4) is 0 Å². The van der Waals surface area contributed by atoms with Crippen LogP contribution in [0.5, 0.6) is 0 Å². The van der Waals surface area contributed by atoms with Gasteiger partial charge in [-0.25, -0.2) is 4.98 Å². The Kier molecular flexibility index (Phi) is 3.59. The predicted molar refractivity (Wildman–Crippen MR) is 49.3 cm³/mol. The minimum atomic E-state index is 0.719. The fraction of sp³-hybridized carbons (Fsp3) is 0.429. The van der Waals surface area contributed by atoms with Gasteiger partial charge < -0.3 is 0 Å². The highest BCUT2D eigenvalue weighted by molar-refractivity contribution is 7.98. The number of aromatic nitrogens is 1. The van der Waals surface area contributed by atoms with E-state index in [1.165, 1.54) is 11.3 Å². The number of carbonyl (C=O) groups is 1. The van der Waals surface area contributed by atoms with E-state index in [-0.39, 0.29) is 0 Å². The van der Waals surface area contributed by atoms with Crippen molar-refractivity contribution in [2.24, 2.45) is 0 Å². The Labute approximate surface area is 74.0 Å². The molecule has 0 saturated carbocycles. The summed E-state index contributed by atoms with van der Waals surface area (Å²) < 4.78 is 0. The Morgan fingerprint density at radius 2 is 2.64 bits per heavy atom. The predicted octanol–water partition coefficient (Wildman–Crippen LogP) is 2.21. The van der Waals surface area contributed by atoms with Crippen LogP contribution in [0.15, 0.2) is 6.20 Å². The highest BCUT2D eigenvalue weighted by atomic mass is 32.2. The molecule has 0 radical (unpaired) electrons. The monoisotopic (exact) mass is 187 g/mol. The summed E-state index contributed by atoms with van der Waals surface area (Å²) in [5, 5.41) is 1.04. The molecule has 0 amide bonds. The molecule has 4 heteroatoms. The molecule has 1 aromatic heterocycles. The van der Waals surface area contributed by atoms with E-state index in [4.69, 9.17) is 0 Å². The summed E-state index contributed by atoms with van der Waals surface area (Å²) >= 11 is 3.29. The van der Waals surface area contributed by atoms with Crippen molar-refractivity contribution in [2.45, 2.75) is 12.7 Å². The number of rotatable bonds is 4. The number of thioether (sulfide) groups is 1. The molecule has 0 aliphatic heterocycles. The molecule has 60 valence electrons. The Morgan fingerprint density at radius 1 is 1.82 bits per heavy atom. The van der Waals surface area contributed by atoms with Crippen LogP contribution in [-0.2, 0) is 5.75 Å². The van der Waals surface area contributed by atoms with Crippen LogP contribution >= 0.6 is 23.1 Å². The topological polar surface area (TPSA) is 30.0 Å². The van der Waals surface area contributed by atoms with Gasteiger partial charge in [0.25, 0.3) is 0 Å². The summed E-state index contributed by atoms with van der Waals surface area (Å²) in [7, 11) is 0. The van der Waals surface area contributed by atoms with Gasteiger partial charge in [-0.1, -0.05) is 6.92 Å². The van der Waals surface area contributed by atoms with Gasteiger partial charge in [0, 0.05) is 11.9 Å². The summed E-state index contributed by atoms with van der Waals surface area (Å²) in [6.45, 7) is 2.11. The first-order valence-corrected chi connectivity index (χ1v) is 5.31. The van der Waals surface area contributed by atoms with E-state index in [1.807, 2.05) is 11.8 Å². The molecule has 11 heavy (non-hydrogen) atoms. The molecule has 0 saturated heterocycles. The van der Waals surface area contributed by atoms with Crippen molar-refractivity contribution in [1.82, 2.24) is 4.98 Å². The van der Waals surface area contributed by atoms with Crippen molar-refractivity contribution < 1.29 is 4.79 Å². The highest BCUT2D eigenvalue weighted by Crippen LogP contribution is 2.16. The van der Waals surface area contributed by atoms with E-state index in [1.54, 1.807) is 6.20 Å². The van der Waals surface area contributed by atoms with Gasteiger partial charge >= 0.3 is 0 Å². The van der Waals surface area contributed by atoms with E-state index in [0.29, 0.717) is 0 Å². The molecule has 1 heterocycles. The SMILES string of the molecule is CCSCc1ncc(C=O)s1. The quantitative estimate of drug-likeness (QED) is 0.677. The molecular weight excluding hydrogens is 178 g/mol. The van der Waals surface area contributed by atoms with Gasteiger partial charge in [0.15, 0.2) is 6.29 Å². The first kappa shape index (κ1) is 8.74. The standard InChI is InChI=1S/C7H9NOS2/c1-2-10-5-7-8-3-6(4-9)11-7/h3-4H,2,5H2,1H3.